The molecular weight excluding hydrogens is 297 g/mol. The normalized spacial score (nSPS) is 16.1. The van der Waals surface area contributed by atoms with Crippen LogP contribution in [0.4, 0.5) is 5.69 Å². The lowest BCUT2D eigenvalue weighted by molar-refractivity contribution is -0.117. The van der Waals surface area contributed by atoms with Crippen molar-refractivity contribution in [2.24, 2.45) is 0 Å². The second-order valence-electron chi connectivity index (χ2n) is 4.89. The first kappa shape index (κ1) is 17.2. The highest BCUT2D eigenvalue weighted by molar-refractivity contribution is 6.31. The van der Waals surface area contributed by atoms with Crippen molar-refractivity contribution in [1.29, 1.82) is 0 Å². The summed E-state index contributed by atoms with van der Waals surface area (Å²) < 4.78 is 0. The molecule has 1 amide bonds. The van der Waals surface area contributed by atoms with E-state index in [-0.39, 0.29) is 18.3 Å². The van der Waals surface area contributed by atoms with Crippen molar-refractivity contribution in [3.63, 3.8) is 0 Å². The van der Waals surface area contributed by atoms with Crippen molar-refractivity contribution in [2.45, 2.75) is 13.3 Å². The van der Waals surface area contributed by atoms with Crippen LogP contribution in [0.1, 0.15) is 12.0 Å². The van der Waals surface area contributed by atoms with Crippen molar-refractivity contribution < 1.29 is 4.79 Å². The molecule has 6 heteroatoms. The first-order chi connectivity index (χ1) is 9.15. The molecule has 112 valence electrons. The van der Waals surface area contributed by atoms with E-state index < -0.39 is 0 Å². The molecule has 0 radical (unpaired) electrons. The molecule has 2 rings (SSSR count). The molecule has 0 spiro atoms. The summed E-state index contributed by atoms with van der Waals surface area (Å²) in [6.45, 7) is 6.25. The van der Waals surface area contributed by atoms with E-state index in [1.54, 1.807) is 6.07 Å². The van der Waals surface area contributed by atoms with Crippen molar-refractivity contribution in [3.05, 3.63) is 28.8 Å². The third kappa shape index (κ3) is 5.29. The summed E-state index contributed by atoms with van der Waals surface area (Å²) in [5.41, 5.74) is 1.77. The van der Waals surface area contributed by atoms with Crippen molar-refractivity contribution in [3.8, 4) is 0 Å². The molecule has 1 aliphatic rings. The Bertz CT molecular complexity index is 446. The Kier molecular flexibility index (Phi) is 7.30. The summed E-state index contributed by atoms with van der Waals surface area (Å²) in [5.74, 6) is 0.0156. The number of hydrogen-bond donors (Lipinski definition) is 2. The molecule has 2 N–H and O–H groups in total. The van der Waals surface area contributed by atoms with Gasteiger partial charge in [0.2, 0.25) is 5.91 Å². The first-order valence-corrected chi connectivity index (χ1v) is 7.02. The van der Waals surface area contributed by atoms with Crippen LogP contribution in [0.15, 0.2) is 18.2 Å². The zero-order valence-electron chi connectivity index (χ0n) is 11.6. The molecule has 1 aliphatic heterocycles. The number of carbonyl (C=O) groups is 1. The van der Waals surface area contributed by atoms with Gasteiger partial charge in [0.1, 0.15) is 0 Å². The summed E-state index contributed by atoms with van der Waals surface area (Å²) >= 11 is 6.04. The highest BCUT2D eigenvalue weighted by atomic mass is 35.5. The molecule has 1 aromatic carbocycles. The molecule has 1 aromatic rings. The van der Waals surface area contributed by atoms with Crippen LogP contribution in [0.3, 0.4) is 0 Å². The van der Waals surface area contributed by atoms with Gasteiger partial charge in [-0.15, -0.1) is 12.4 Å². The lowest BCUT2D eigenvalue weighted by Gasteiger charge is -2.18. The van der Waals surface area contributed by atoms with Crippen molar-refractivity contribution in [1.82, 2.24) is 10.2 Å². The standard InChI is InChI=1S/C14H20ClN3O.ClH/c1-11-3-4-12(9-13(11)15)17-14(19)10-18-7-2-5-16-6-8-18;/h3-4,9,16H,2,5-8,10H2,1H3,(H,17,19);1H. The Morgan fingerprint density at radius 2 is 2.20 bits per heavy atom. The second kappa shape index (κ2) is 8.47. The van der Waals surface area contributed by atoms with Crippen LogP contribution in [0, 0.1) is 6.92 Å². The topological polar surface area (TPSA) is 44.4 Å². The Labute approximate surface area is 131 Å². The quantitative estimate of drug-likeness (QED) is 0.899. The number of amides is 1. The highest BCUT2D eigenvalue weighted by Gasteiger charge is 2.12. The first-order valence-electron chi connectivity index (χ1n) is 6.64. The van der Waals surface area contributed by atoms with E-state index in [9.17, 15) is 4.79 Å². The van der Waals surface area contributed by atoms with E-state index in [1.807, 2.05) is 19.1 Å². The Morgan fingerprint density at radius 1 is 1.40 bits per heavy atom. The summed E-state index contributed by atoms with van der Waals surface area (Å²) in [7, 11) is 0. The maximum absolute atomic E-state index is 12.0. The van der Waals surface area contributed by atoms with Gasteiger partial charge in [-0.1, -0.05) is 17.7 Å². The highest BCUT2D eigenvalue weighted by Crippen LogP contribution is 2.19. The third-order valence-corrected chi connectivity index (χ3v) is 3.66. The fraction of sp³-hybridized carbons (Fsp3) is 0.500. The maximum atomic E-state index is 12.0. The lowest BCUT2D eigenvalue weighted by Crippen LogP contribution is -2.35. The fourth-order valence-corrected chi connectivity index (χ4v) is 2.31. The number of anilines is 1. The summed E-state index contributed by atoms with van der Waals surface area (Å²) in [6.07, 6.45) is 1.09. The molecule has 20 heavy (non-hydrogen) atoms. The number of nitrogens with zero attached hydrogens (tertiary/aromatic N) is 1. The Morgan fingerprint density at radius 3 is 2.95 bits per heavy atom. The number of nitrogens with one attached hydrogen (secondary N) is 2. The SMILES string of the molecule is Cc1ccc(NC(=O)CN2CCCNCC2)cc1Cl.Cl. The van der Waals surface area contributed by atoms with Crippen LogP contribution < -0.4 is 10.6 Å². The van der Waals surface area contributed by atoms with Gasteiger partial charge in [0.15, 0.2) is 0 Å². The predicted octanol–water partition coefficient (Wildman–Crippen LogP) is 2.30. The molecule has 1 heterocycles. The zero-order chi connectivity index (χ0) is 13.7. The molecule has 1 fully saturated rings. The second-order valence-corrected chi connectivity index (χ2v) is 5.30. The minimum atomic E-state index is 0. The predicted molar refractivity (Wildman–Crippen MR) is 86.0 cm³/mol. The number of halogens is 2. The molecule has 1 saturated heterocycles. The molecule has 0 aliphatic carbocycles. The minimum absolute atomic E-state index is 0. The van der Waals surface area contributed by atoms with Gasteiger partial charge in [0.25, 0.3) is 0 Å². The molecule has 4 nitrogen and oxygen atoms in total. The van der Waals surface area contributed by atoms with Gasteiger partial charge in [0, 0.05) is 23.8 Å². The summed E-state index contributed by atoms with van der Waals surface area (Å²) in [6, 6.07) is 5.58. The largest absolute Gasteiger partial charge is 0.325 e. The smallest absolute Gasteiger partial charge is 0.238 e. The zero-order valence-corrected chi connectivity index (χ0v) is 13.2. The minimum Gasteiger partial charge on any atom is -0.325 e. The molecule has 0 atom stereocenters. The number of carbonyl (C=O) groups excluding carboxylic acids is 1. The van der Waals surface area contributed by atoms with E-state index in [2.05, 4.69) is 15.5 Å². The van der Waals surface area contributed by atoms with Gasteiger partial charge in [-0.05, 0) is 44.1 Å². The number of aryl methyl sites for hydroxylation is 1. The molecule has 0 unspecified atom stereocenters. The Hall–Kier alpha value is -0.810. The lowest BCUT2D eigenvalue weighted by atomic mass is 10.2. The van der Waals surface area contributed by atoms with Gasteiger partial charge in [-0.3, -0.25) is 9.69 Å². The molecular formula is C14H21Cl2N3O. The molecule has 0 bridgehead atoms. The van der Waals surface area contributed by atoms with Crippen molar-refractivity contribution in [2.75, 3.05) is 38.0 Å². The Balaban J connectivity index is 0.00000200. The van der Waals surface area contributed by atoms with Gasteiger partial charge < -0.3 is 10.6 Å². The fourth-order valence-electron chi connectivity index (χ4n) is 2.13. The number of benzene rings is 1. The van der Waals surface area contributed by atoms with Crippen LogP contribution in [0.25, 0.3) is 0 Å². The monoisotopic (exact) mass is 317 g/mol. The van der Waals surface area contributed by atoms with Crippen LogP contribution in [0.2, 0.25) is 5.02 Å². The van der Waals surface area contributed by atoms with E-state index in [4.69, 9.17) is 11.6 Å². The van der Waals surface area contributed by atoms with E-state index in [0.29, 0.717) is 11.6 Å². The molecule has 0 aromatic heterocycles. The third-order valence-electron chi connectivity index (χ3n) is 3.26. The van der Waals surface area contributed by atoms with Gasteiger partial charge >= 0.3 is 0 Å². The van der Waals surface area contributed by atoms with E-state index in [0.717, 1.165) is 43.9 Å². The van der Waals surface area contributed by atoms with E-state index in [1.165, 1.54) is 0 Å². The average Bonchev–Trinajstić information content (AvgIpc) is 2.62. The van der Waals surface area contributed by atoms with Gasteiger partial charge in [0.05, 0.1) is 6.54 Å². The van der Waals surface area contributed by atoms with Crippen LogP contribution in [-0.2, 0) is 4.79 Å². The van der Waals surface area contributed by atoms with E-state index >= 15 is 0 Å². The van der Waals surface area contributed by atoms with Crippen molar-refractivity contribution >= 4 is 35.6 Å². The van der Waals surface area contributed by atoms with Gasteiger partial charge in [-0.2, -0.15) is 0 Å². The summed E-state index contributed by atoms with van der Waals surface area (Å²) in [4.78, 5) is 14.1. The van der Waals surface area contributed by atoms with Gasteiger partial charge in [-0.25, -0.2) is 0 Å². The average molecular weight is 318 g/mol. The molecule has 0 saturated carbocycles. The number of rotatable bonds is 3. The maximum Gasteiger partial charge on any atom is 0.238 e. The summed E-state index contributed by atoms with van der Waals surface area (Å²) in [5, 5.41) is 6.89. The van der Waals surface area contributed by atoms with Crippen LogP contribution >= 0.6 is 24.0 Å². The van der Waals surface area contributed by atoms with Crippen LogP contribution in [-0.4, -0.2) is 43.5 Å². The van der Waals surface area contributed by atoms with Crippen LogP contribution in [0.5, 0.6) is 0 Å². The number of hydrogen-bond acceptors (Lipinski definition) is 3.